The molecule has 0 unspecified atom stereocenters. The van der Waals surface area contributed by atoms with E-state index in [-0.39, 0.29) is 16.2 Å². The summed E-state index contributed by atoms with van der Waals surface area (Å²) >= 11 is 0. The van der Waals surface area contributed by atoms with E-state index in [9.17, 15) is 13.2 Å². The first-order valence-corrected chi connectivity index (χ1v) is 10.3. The van der Waals surface area contributed by atoms with Crippen molar-refractivity contribution in [2.45, 2.75) is 18.7 Å². The van der Waals surface area contributed by atoms with Gasteiger partial charge in [0, 0.05) is 33.2 Å². The molecule has 0 radical (unpaired) electrons. The zero-order valence-electron chi connectivity index (χ0n) is 16.5. The summed E-state index contributed by atoms with van der Waals surface area (Å²) in [4.78, 5) is 13.8. The number of benzene rings is 1. The van der Waals surface area contributed by atoms with Crippen LogP contribution in [-0.4, -0.2) is 61.7 Å². The highest BCUT2D eigenvalue weighted by Gasteiger charge is 2.31. The van der Waals surface area contributed by atoms with Gasteiger partial charge in [-0.15, -0.1) is 0 Å². The third-order valence-electron chi connectivity index (χ3n) is 5.10. The van der Waals surface area contributed by atoms with Gasteiger partial charge in [-0.3, -0.25) is 9.48 Å². The predicted octanol–water partition coefficient (Wildman–Crippen LogP) is 0.655. The average Bonchev–Trinajstić information content (AvgIpc) is 2.93. The Balaban J connectivity index is 1.82. The number of rotatable bonds is 5. The maximum atomic E-state index is 13.0. The highest BCUT2D eigenvalue weighted by molar-refractivity contribution is 7.89. The molecule has 2 heterocycles. The van der Waals surface area contributed by atoms with Gasteiger partial charge in [0.15, 0.2) is 0 Å². The SMILES string of the molecule is COc1ccc(S(=O)(=O)N2CCN(c3c(C)nn(C)c3C)CC2)cc1C(N)=O. The molecule has 1 aliphatic rings. The Kier molecular flexibility index (Phi) is 5.35. The quantitative estimate of drug-likeness (QED) is 0.779. The fourth-order valence-electron chi connectivity index (χ4n) is 3.56. The summed E-state index contributed by atoms with van der Waals surface area (Å²) in [5, 5.41) is 4.43. The van der Waals surface area contributed by atoms with E-state index in [0.717, 1.165) is 17.1 Å². The first-order valence-electron chi connectivity index (χ1n) is 8.90. The lowest BCUT2D eigenvalue weighted by Crippen LogP contribution is -2.49. The fourth-order valence-corrected chi connectivity index (χ4v) is 5.01. The number of ether oxygens (including phenoxy) is 1. The van der Waals surface area contributed by atoms with E-state index in [1.54, 1.807) is 0 Å². The third-order valence-corrected chi connectivity index (χ3v) is 6.99. The molecule has 1 fully saturated rings. The molecule has 0 atom stereocenters. The maximum Gasteiger partial charge on any atom is 0.252 e. The molecule has 1 saturated heterocycles. The van der Waals surface area contributed by atoms with Gasteiger partial charge in [-0.05, 0) is 32.0 Å². The number of piperazine rings is 1. The number of methoxy groups -OCH3 is 1. The molecule has 3 rings (SSSR count). The van der Waals surface area contributed by atoms with Crippen LogP contribution in [0.2, 0.25) is 0 Å². The highest BCUT2D eigenvalue weighted by Crippen LogP contribution is 2.28. The van der Waals surface area contributed by atoms with Gasteiger partial charge < -0.3 is 15.4 Å². The molecule has 0 bridgehead atoms. The number of aromatic nitrogens is 2. The second kappa shape index (κ2) is 7.44. The second-order valence-electron chi connectivity index (χ2n) is 6.76. The van der Waals surface area contributed by atoms with E-state index >= 15 is 0 Å². The molecule has 2 N–H and O–H groups in total. The molecule has 1 amide bonds. The van der Waals surface area contributed by atoms with Gasteiger partial charge >= 0.3 is 0 Å². The van der Waals surface area contributed by atoms with Crippen LogP contribution in [0.5, 0.6) is 5.75 Å². The van der Waals surface area contributed by atoms with Crippen LogP contribution >= 0.6 is 0 Å². The van der Waals surface area contributed by atoms with Gasteiger partial charge in [0.1, 0.15) is 5.75 Å². The van der Waals surface area contributed by atoms with Crippen molar-refractivity contribution in [1.29, 1.82) is 0 Å². The molecule has 0 aliphatic carbocycles. The summed E-state index contributed by atoms with van der Waals surface area (Å²) in [5.74, 6) is -0.486. The predicted molar refractivity (Wildman–Crippen MR) is 105 cm³/mol. The summed E-state index contributed by atoms with van der Waals surface area (Å²) < 4.78 is 34.4. The van der Waals surface area contributed by atoms with E-state index in [2.05, 4.69) is 10.00 Å². The number of primary amides is 1. The van der Waals surface area contributed by atoms with Crippen LogP contribution in [0.25, 0.3) is 0 Å². The normalized spacial score (nSPS) is 15.6. The summed E-state index contributed by atoms with van der Waals surface area (Å²) in [6, 6.07) is 4.16. The van der Waals surface area contributed by atoms with Crippen LogP contribution < -0.4 is 15.4 Å². The Morgan fingerprint density at radius 1 is 1.18 bits per heavy atom. The van der Waals surface area contributed by atoms with Crippen LogP contribution in [-0.2, 0) is 17.1 Å². The Hall–Kier alpha value is -2.59. The van der Waals surface area contributed by atoms with E-state index in [1.165, 1.54) is 29.6 Å². The standard InChI is InChI=1S/C18H25N5O4S/c1-12-17(13(2)21(3)20-12)22-7-9-23(10-8-22)28(25,26)14-5-6-16(27-4)15(11-14)18(19)24/h5-6,11H,7-10H2,1-4H3,(H2,19,24). The minimum absolute atomic E-state index is 0.0317. The van der Waals surface area contributed by atoms with Gasteiger partial charge in [0.25, 0.3) is 5.91 Å². The number of hydrogen-bond acceptors (Lipinski definition) is 6. The van der Waals surface area contributed by atoms with Crippen molar-refractivity contribution in [1.82, 2.24) is 14.1 Å². The zero-order valence-corrected chi connectivity index (χ0v) is 17.3. The fraction of sp³-hybridized carbons (Fsp3) is 0.444. The molecule has 28 heavy (non-hydrogen) atoms. The van der Waals surface area contributed by atoms with Crippen molar-refractivity contribution in [2.75, 3.05) is 38.2 Å². The second-order valence-corrected chi connectivity index (χ2v) is 8.70. The summed E-state index contributed by atoms with van der Waals surface area (Å²) in [5.41, 5.74) is 8.43. The number of sulfonamides is 1. The number of anilines is 1. The zero-order chi connectivity index (χ0) is 20.6. The van der Waals surface area contributed by atoms with Gasteiger partial charge in [0.05, 0.1) is 34.6 Å². The lowest BCUT2D eigenvalue weighted by molar-refractivity contribution is 0.0997. The number of nitrogens with zero attached hydrogens (tertiary/aromatic N) is 4. The molecule has 0 spiro atoms. The van der Waals surface area contributed by atoms with Crippen molar-refractivity contribution in [2.24, 2.45) is 12.8 Å². The van der Waals surface area contributed by atoms with Gasteiger partial charge in [0.2, 0.25) is 10.0 Å². The molecule has 2 aromatic rings. The monoisotopic (exact) mass is 407 g/mol. The number of amides is 1. The summed E-state index contributed by atoms with van der Waals surface area (Å²) in [6.07, 6.45) is 0. The number of aryl methyl sites for hydroxylation is 2. The lowest BCUT2D eigenvalue weighted by atomic mass is 10.2. The summed E-state index contributed by atoms with van der Waals surface area (Å²) in [7, 11) is -0.445. The molecule has 9 nitrogen and oxygen atoms in total. The first kappa shape index (κ1) is 20.2. The average molecular weight is 407 g/mol. The molecule has 0 saturated carbocycles. The molecular weight excluding hydrogens is 382 g/mol. The molecule has 1 aliphatic heterocycles. The lowest BCUT2D eigenvalue weighted by Gasteiger charge is -2.35. The van der Waals surface area contributed by atoms with E-state index in [0.29, 0.717) is 26.2 Å². The minimum Gasteiger partial charge on any atom is -0.496 e. The van der Waals surface area contributed by atoms with Crippen molar-refractivity contribution in [3.8, 4) is 5.75 Å². The van der Waals surface area contributed by atoms with E-state index < -0.39 is 15.9 Å². The Bertz CT molecular complexity index is 1010. The van der Waals surface area contributed by atoms with Gasteiger partial charge in [-0.2, -0.15) is 9.40 Å². The number of hydrogen-bond donors (Lipinski definition) is 1. The number of nitrogens with two attached hydrogens (primary N) is 1. The van der Waals surface area contributed by atoms with Gasteiger partial charge in [-0.1, -0.05) is 0 Å². The Morgan fingerprint density at radius 3 is 2.32 bits per heavy atom. The highest BCUT2D eigenvalue weighted by atomic mass is 32.2. The van der Waals surface area contributed by atoms with Crippen LogP contribution in [0.15, 0.2) is 23.1 Å². The first-order chi connectivity index (χ1) is 13.2. The third kappa shape index (κ3) is 3.45. The van der Waals surface area contributed by atoms with Crippen molar-refractivity contribution in [3.05, 3.63) is 35.2 Å². The number of carbonyl (C=O) groups excluding carboxylic acids is 1. The largest absolute Gasteiger partial charge is 0.496 e. The van der Waals surface area contributed by atoms with Crippen LogP contribution in [0.4, 0.5) is 5.69 Å². The van der Waals surface area contributed by atoms with Crippen molar-refractivity contribution < 1.29 is 17.9 Å². The minimum atomic E-state index is -3.74. The topological polar surface area (TPSA) is 111 Å². The van der Waals surface area contributed by atoms with E-state index in [4.69, 9.17) is 10.5 Å². The molecule has 10 heteroatoms. The summed E-state index contributed by atoms with van der Waals surface area (Å²) in [6.45, 7) is 5.76. The smallest absolute Gasteiger partial charge is 0.252 e. The Morgan fingerprint density at radius 2 is 1.82 bits per heavy atom. The van der Waals surface area contributed by atoms with E-state index in [1.807, 2.05) is 25.6 Å². The van der Waals surface area contributed by atoms with Crippen molar-refractivity contribution >= 4 is 21.6 Å². The van der Waals surface area contributed by atoms with Crippen LogP contribution in [0.1, 0.15) is 21.7 Å². The molecular formula is C18H25N5O4S. The maximum absolute atomic E-state index is 13.0. The van der Waals surface area contributed by atoms with Crippen molar-refractivity contribution in [3.63, 3.8) is 0 Å². The molecule has 1 aromatic carbocycles. The molecule has 152 valence electrons. The van der Waals surface area contributed by atoms with Crippen LogP contribution in [0, 0.1) is 13.8 Å². The van der Waals surface area contributed by atoms with Crippen LogP contribution in [0.3, 0.4) is 0 Å². The Labute approximate surface area is 164 Å². The molecule has 1 aromatic heterocycles. The van der Waals surface area contributed by atoms with Gasteiger partial charge in [-0.25, -0.2) is 8.42 Å². The number of carbonyl (C=O) groups is 1.